The summed E-state index contributed by atoms with van der Waals surface area (Å²) in [6, 6.07) is 8.81. The molecule has 3 rings (SSSR count). The second kappa shape index (κ2) is 8.78. The monoisotopic (exact) mass is 405 g/mol. The van der Waals surface area contributed by atoms with Gasteiger partial charge >= 0.3 is 6.03 Å². The molecule has 1 aromatic carbocycles. The molecule has 10 heteroatoms. The van der Waals surface area contributed by atoms with Crippen molar-refractivity contribution in [3.63, 3.8) is 0 Å². The molecule has 0 fully saturated rings. The van der Waals surface area contributed by atoms with Crippen molar-refractivity contribution in [2.75, 3.05) is 11.1 Å². The number of anilines is 1. The largest absolute Gasteiger partial charge is 0.325 e. The normalized spacial score (nSPS) is 10.6. The summed E-state index contributed by atoms with van der Waals surface area (Å²) in [6.07, 6.45) is 0. The van der Waals surface area contributed by atoms with E-state index in [-0.39, 0.29) is 11.4 Å². The van der Waals surface area contributed by atoms with Crippen molar-refractivity contribution in [1.29, 1.82) is 0 Å². The summed E-state index contributed by atoms with van der Waals surface area (Å²) in [5.41, 5.74) is 0.00164. The van der Waals surface area contributed by atoms with Crippen LogP contribution in [0.3, 0.4) is 0 Å². The number of thioether (sulfide) groups is 1. The number of carbonyl (C=O) groups is 2. The zero-order valence-electron chi connectivity index (χ0n) is 14.3. The van der Waals surface area contributed by atoms with Gasteiger partial charge in [-0.3, -0.25) is 10.1 Å². The topological polar surface area (TPSA) is 88.9 Å². The third-order valence-electron chi connectivity index (χ3n) is 3.48. The van der Waals surface area contributed by atoms with Gasteiger partial charge in [0.25, 0.3) is 0 Å². The molecule has 140 valence electrons. The van der Waals surface area contributed by atoms with Crippen molar-refractivity contribution in [2.24, 2.45) is 0 Å². The summed E-state index contributed by atoms with van der Waals surface area (Å²) in [6.45, 7) is 2.62. The zero-order valence-corrected chi connectivity index (χ0v) is 15.9. The lowest BCUT2D eigenvalue weighted by Crippen LogP contribution is -2.35. The molecule has 3 amide bonds. The average Bonchev–Trinajstić information content (AvgIpc) is 3.30. The van der Waals surface area contributed by atoms with Gasteiger partial charge in [0.2, 0.25) is 5.91 Å². The van der Waals surface area contributed by atoms with Gasteiger partial charge in [0, 0.05) is 6.54 Å². The lowest BCUT2D eigenvalue weighted by atomic mass is 10.3. The van der Waals surface area contributed by atoms with Crippen LogP contribution in [-0.4, -0.2) is 32.5 Å². The lowest BCUT2D eigenvalue weighted by molar-refractivity contribution is -0.117. The molecular formula is C17H16FN5O2S2. The van der Waals surface area contributed by atoms with Gasteiger partial charge in [-0.05, 0) is 30.5 Å². The van der Waals surface area contributed by atoms with Gasteiger partial charge in [-0.15, -0.1) is 21.5 Å². The summed E-state index contributed by atoms with van der Waals surface area (Å²) in [7, 11) is 0. The summed E-state index contributed by atoms with van der Waals surface area (Å²) in [4.78, 5) is 24.8. The molecule has 7 nitrogen and oxygen atoms in total. The standard InChI is InChI=1S/C17H16FN5O2S2/c1-2-23-15(13-8-5-9-26-13)21-22-17(23)27-10-14(24)20-16(25)19-12-7-4-3-6-11(12)18/h3-9H,2,10H2,1H3,(H2,19,20,24,25). The predicted octanol–water partition coefficient (Wildman–Crippen LogP) is 3.61. The van der Waals surface area contributed by atoms with Crippen molar-refractivity contribution in [3.05, 3.63) is 47.6 Å². The molecule has 0 radical (unpaired) electrons. The highest BCUT2D eigenvalue weighted by Crippen LogP contribution is 2.27. The van der Waals surface area contributed by atoms with Crippen molar-refractivity contribution < 1.29 is 14.0 Å². The number of hydrogen-bond donors (Lipinski definition) is 2. The van der Waals surface area contributed by atoms with Crippen molar-refractivity contribution in [2.45, 2.75) is 18.6 Å². The first-order valence-corrected chi connectivity index (χ1v) is 9.90. The van der Waals surface area contributed by atoms with Crippen LogP contribution in [0.4, 0.5) is 14.9 Å². The molecule has 2 aromatic heterocycles. The Bertz CT molecular complexity index is 943. The maximum Gasteiger partial charge on any atom is 0.325 e. The fraction of sp³-hybridized carbons (Fsp3) is 0.176. The van der Waals surface area contributed by atoms with E-state index in [1.165, 1.54) is 30.0 Å². The Morgan fingerprint density at radius 1 is 1.22 bits per heavy atom. The summed E-state index contributed by atoms with van der Waals surface area (Å²) < 4.78 is 15.4. The quantitative estimate of drug-likeness (QED) is 0.612. The van der Waals surface area contributed by atoms with E-state index >= 15 is 0 Å². The minimum atomic E-state index is -0.790. The van der Waals surface area contributed by atoms with Crippen LogP contribution in [0, 0.1) is 5.82 Å². The molecule has 2 heterocycles. The van der Waals surface area contributed by atoms with Gasteiger partial charge in [0.15, 0.2) is 11.0 Å². The molecule has 0 aliphatic heterocycles. The van der Waals surface area contributed by atoms with Gasteiger partial charge in [-0.25, -0.2) is 9.18 Å². The molecule has 0 atom stereocenters. The van der Waals surface area contributed by atoms with Crippen LogP contribution >= 0.6 is 23.1 Å². The first-order valence-electron chi connectivity index (χ1n) is 8.03. The molecule has 0 saturated heterocycles. The molecule has 2 N–H and O–H groups in total. The number of benzene rings is 1. The molecule has 3 aromatic rings. The molecule has 0 bridgehead atoms. The van der Waals surface area contributed by atoms with E-state index in [0.29, 0.717) is 11.7 Å². The fourth-order valence-corrected chi connectivity index (χ4v) is 3.80. The highest BCUT2D eigenvalue weighted by atomic mass is 32.2. The number of nitrogens with zero attached hydrogens (tertiary/aromatic N) is 3. The first kappa shape index (κ1) is 19.1. The Balaban J connectivity index is 1.56. The number of para-hydroxylation sites is 1. The van der Waals surface area contributed by atoms with Crippen LogP contribution in [0.1, 0.15) is 6.92 Å². The van der Waals surface area contributed by atoms with Gasteiger partial charge in [0.1, 0.15) is 5.82 Å². The maximum absolute atomic E-state index is 13.5. The van der Waals surface area contributed by atoms with Crippen LogP contribution in [0.25, 0.3) is 10.7 Å². The molecule has 0 aliphatic carbocycles. The first-order chi connectivity index (χ1) is 13.1. The van der Waals surface area contributed by atoms with Crippen molar-refractivity contribution in [1.82, 2.24) is 20.1 Å². The van der Waals surface area contributed by atoms with Crippen LogP contribution < -0.4 is 10.6 Å². The van der Waals surface area contributed by atoms with E-state index in [9.17, 15) is 14.0 Å². The molecule has 0 aliphatic rings. The van der Waals surface area contributed by atoms with E-state index in [4.69, 9.17) is 0 Å². The van der Waals surface area contributed by atoms with Gasteiger partial charge in [0.05, 0.1) is 16.3 Å². The summed E-state index contributed by atoms with van der Waals surface area (Å²) in [5.74, 6) is -0.371. The zero-order chi connectivity index (χ0) is 19.2. The predicted molar refractivity (Wildman–Crippen MR) is 103 cm³/mol. The Morgan fingerprint density at radius 2 is 2.04 bits per heavy atom. The Labute approximate surface area is 163 Å². The fourth-order valence-electron chi connectivity index (χ4n) is 2.28. The molecular weight excluding hydrogens is 389 g/mol. The lowest BCUT2D eigenvalue weighted by Gasteiger charge is -2.08. The number of halogens is 1. The number of rotatable bonds is 6. The number of aromatic nitrogens is 3. The van der Waals surface area contributed by atoms with Gasteiger partial charge in [-0.1, -0.05) is 30.0 Å². The summed E-state index contributed by atoms with van der Waals surface area (Å²) in [5, 5.41) is 15.3. The van der Waals surface area contributed by atoms with Crippen molar-refractivity contribution >= 4 is 40.7 Å². The number of carbonyl (C=O) groups excluding carboxylic acids is 2. The summed E-state index contributed by atoms with van der Waals surface area (Å²) >= 11 is 2.74. The number of imide groups is 1. The molecule has 0 saturated carbocycles. The number of amides is 3. The number of hydrogen-bond acceptors (Lipinski definition) is 6. The highest BCUT2D eigenvalue weighted by molar-refractivity contribution is 7.99. The van der Waals surface area contributed by atoms with E-state index in [2.05, 4.69) is 20.8 Å². The van der Waals surface area contributed by atoms with Crippen molar-refractivity contribution in [3.8, 4) is 10.7 Å². The van der Waals surface area contributed by atoms with E-state index in [0.717, 1.165) is 10.7 Å². The third kappa shape index (κ3) is 4.72. The van der Waals surface area contributed by atoms with E-state index < -0.39 is 17.8 Å². The third-order valence-corrected chi connectivity index (χ3v) is 5.31. The average molecular weight is 405 g/mol. The smallest absolute Gasteiger partial charge is 0.305 e. The minimum absolute atomic E-state index is 0.00164. The molecule has 0 spiro atoms. The number of thiophene rings is 1. The van der Waals surface area contributed by atoms with E-state index in [1.54, 1.807) is 17.4 Å². The van der Waals surface area contributed by atoms with Gasteiger partial charge < -0.3 is 9.88 Å². The van der Waals surface area contributed by atoms with Crippen LogP contribution in [0.2, 0.25) is 0 Å². The maximum atomic E-state index is 13.5. The Hall–Kier alpha value is -2.72. The van der Waals surface area contributed by atoms with Crippen LogP contribution in [0.5, 0.6) is 0 Å². The van der Waals surface area contributed by atoms with Crippen LogP contribution in [-0.2, 0) is 11.3 Å². The second-order valence-corrected chi connectivity index (χ2v) is 7.19. The molecule has 0 unspecified atom stereocenters. The van der Waals surface area contributed by atoms with E-state index in [1.807, 2.05) is 29.0 Å². The second-order valence-electron chi connectivity index (χ2n) is 5.30. The van der Waals surface area contributed by atoms with Gasteiger partial charge in [-0.2, -0.15) is 0 Å². The number of nitrogens with one attached hydrogen (secondary N) is 2. The Morgan fingerprint density at radius 3 is 2.74 bits per heavy atom. The number of urea groups is 1. The minimum Gasteiger partial charge on any atom is -0.305 e. The SMILES string of the molecule is CCn1c(SCC(=O)NC(=O)Nc2ccccc2F)nnc1-c1cccs1. The Kier molecular flexibility index (Phi) is 6.20. The molecule has 27 heavy (non-hydrogen) atoms. The van der Waals surface area contributed by atoms with Crippen LogP contribution in [0.15, 0.2) is 46.9 Å². The highest BCUT2D eigenvalue weighted by Gasteiger charge is 2.16.